The van der Waals surface area contributed by atoms with Crippen molar-refractivity contribution in [2.24, 2.45) is 0 Å². The summed E-state index contributed by atoms with van der Waals surface area (Å²) in [4.78, 5) is 31.7. The number of esters is 1. The first-order valence-corrected chi connectivity index (χ1v) is 6.54. The van der Waals surface area contributed by atoms with Crippen molar-refractivity contribution in [3.8, 4) is 0 Å². The second-order valence-corrected chi connectivity index (χ2v) is 4.37. The van der Waals surface area contributed by atoms with Crippen molar-refractivity contribution >= 4 is 29.2 Å². The molecule has 21 heavy (non-hydrogen) atoms. The number of carbonyl (C=O) groups excluding carboxylic acids is 2. The van der Waals surface area contributed by atoms with E-state index in [9.17, 15) is 9.59 Å². The Morgan fingerprint density at radius 3 is 2.38 bits per heavy atom. The molecule has 0 saturated carbocycles. The number of aromatic nitrogens is 2. The molecule has 2 rings (SSSR count). The van der Waals surface area contributed by atoms with Crippen molar-refractivity contribution in [2.45, 2.75) is 6.92 Å². The standard InChI is InChI=1S/C14H12ClN3O3/c1-2-21-14(20)12-11(16-7-8-17-12)13(19)18-10-5-3-9(15)4-6-10/h3-8H,2H2,1H3,(H,18,19). The predicted octanol–water partition coefficient (Wildman–Crippen LogP) is 2.56. The quantitative estimate of drug-likeness (QED) is 0.878. The Hall–Kier alpha value is -2.47. The minimum Gasteiger partial charge on any atom is -0.461 e. The predicted molar refractivity (Wildman–Crippen MR) is 77.4 cm³/mol. The van der Waals surface area contributed by atoms with Crippen LogP contribution in [-0.4, -0.2) is 28.5 Å². The summed E-state index contributed by atoms with van der Waals surface area (Å²) in [6.45, 7) is 1.86. The lowest BCUT2D eigenvalue weighted by atomic mass is 10.2. The van der Waals surface area contributed by atoms with Gasteiger partial charge in [-0.05, 0) is 31.2 Å². The number of nitrogens with one attached hydrogen (secondary N) is 1. The molecule has 0 aliphatic carbocycles. The molecule has 0 fully saturated rings. The van der Waals surface area contributed by atoms with Crippen LogP contribution in [0.2, 0.25) is 5.02 Å². The highest BCUT2D eigenvalue weighted by Crippen LogP contribution is 2.15. The number of amides is 1. The van der Waals surface area contributed by atoms with Gasteiger partial charge in [-0.15, -0.1) is 0 Å². The number of hydrogen-bond acceptors (Lipinski definition) is 5. The smallest absolute Gasteiger partial charge is 0.359 e. The van der Waals surface area contributed by atoms with Crippen LogP contribution >= 0.6 is 11.6 Å². The Morgan fingerprint density at radius 2 is 1.76 bits per heavy atom. The summed E-state index contributed by atoms with van der Waals surface area (Å²) >= 11 is 5.77. The molecule has 1 aromatic carbocycles. The highest BCUT2D eigenvalue weighted by molar-refractivity contribution is 6.30. The summed E-state index contributed by atoms with van der Waals surface area (Å²) < 4.78 is 4.85. The van der Waals surface area contributed by atoms with Gasteiger partial charge in [0.05, 0.1) is 6.61 Å². The molecule has 0 bridgehead atoms. The number of ether oxygens (including phenoxy) is 1. The van der Waals surface area contributed by atoms with Crippen LogP contribution in [-0.2, 0) is 4.74 Å². The van der Waals surface area contributed by atoms with E-state index < -0.39 is 11.9 Å². The molecular weight excluding hydrogens is 294 g/mol. The highest BCUT2D eigenvalue weighted by Gasteiger charge is 2.21. The van der Waals surface area contributed by atoms with Crippen molar-refractivity contribution < 1.29 is 14.3 Å². The molecule has 1 amide bonds. The molecular formula is C14H12ClN3O3. The number of nitrogens with zero attached hydrogens (tertiary/aromatic N) is 2. The van der Waals surface area contributed by atoms with Crippen LogP contribution < -0.4 is 5.32 Å². The lowest BCUT2D eigenvalue weighted by Crippen LogP contribution is -2.20. The van der Waals surface area contributed by atoms with Gasteiger partial charge in [-0.1, -0.05) is 11.6 Å². The lowest BCUT2D eigenvalue weighted by Gasteiger charge is -2.07. The molecule has 0 aliphatic rings. The molecule has 6 nitrogen and oxygen atoms in total. The van der Waals surface area contributed by atoms with E-state index in [1.165, 1.54) is 12.4 Å². The fourth-order valence-corrected chi connectivity index (χ4v) is 1.70. The number of hydrogen-bond donors (Lipinski definition) is 1. The average molecular weight is 306 g/mol. The van der Waals surface area contributed by atoms with Gasteiger partial charge < -0.3 is 10.1 Å². The van der Waals surface area contributed by atoms with Gasteiger partial charge in [-0.2, -0.15) is 0 Å². The van der Waals surface area contributed by atoms with E-state index in [1.807, 2.05) is 0 Å². The average Bonchev–Trinajstić information content (AvgIpc) is 2.50. The van der Waals surface area contributed by atoms with Gasteiger partial charge in [0.25, 0.3) is 5.91 Å². The van der Waals surface area contributed by atoms with E-state index >= 15 is 0 Å². The summed E-state index contributed by atoms with van der Waals surface area (Å²) in [5.41, 5.74) is 0.321. The van der Waals surface area contributed by atoms with Crippen molar-refractivity contribution in [3.05, 3.63) is 53.1 Å². The van der Waals surface area contributed by atoms with Gasteiger partial charge in [-0.25, -0.2) is 14.8 Å². The van der Waals surface area contributed by atoms with Crippen LogP contribution in [0, 0.1) is 0 Å². The third-order valence-electron chi connectivity index (χ3n) is 2.48. The van der Waals surface area contributed by atoms with E-state index in [2.05, 4.69) is 15.3 Å². The molecule has 2 aromatic rings. The van der Waals surface area contributed by atoms with Gasteiger partial charge in [0, 0.05) is 23.1 Å². The maximum Gasteiger partial charge on any atom is 0.359 e. The molecule has 0 radical (unpaired) electrons. The molecule has 0 spiro atoms. The third kappa shape index (κ3) is 3.76. The Bertz CT molecular complexity index is 659. The summed E-state index contributed by atoms with van der Waals surface area (Å²) in [5, 5.41) is 3.17. The summed E-state index contributed by atoms with van der Waals surface area (Å²) in [5.74, 6) is -1.24. The maximum absolute atomic E-state index is 12.2. The van der Waals surface area contributed by atoms with E-state index in [4.69, 9.17) is 16.3 Å². The summed E-state index contributed by atoms with van der Waals surface area (Å²) in [6.07, 6.45) is 2.66. The first kappa shape index (κ1) is 14.9. The second-order valence-electron chi connectivity index (χ2n) is 3.94. The second kappa shape index (κ2) is 6.81. The molecule has 1 N–H and O–H groups in total. The highest BCUT2D eigenvalue weighted by atomic mass is 35.5. The Morgan fingerprint density at radius 1 is 1.14 bits per heavy atom. The number of anilines is 1. The van der Waals surface area contributed by atoms with Gasteiger partial charge in [0.1, 0.15) is 0 Å². The molecule has 0 saturated heterocycles. The van der Waals surface area contributed by atoms with Crippen LogP contribution in [0.4, 0.5) is 5.69 Å². The molecule has 1 heterocycles. The molecule has 108 valence electrons. The van der Waals surface area contributed by atoms with Crippen LogP contribution in [0.1, 0.15) is 27.9 Å². The van der Waals surface area contributed by atoms with Crippen molar-refractivity contribution in [1.82, 2.24) is 9.97 Å². The Labute approximate surface area is 126 Å². The number of halogens is 1. The zero-order valence-corrected chi connectivity index (χ0v) is 11.9. The van der Waals surface area contributed by atoms with Gasteiger partial charge in [-0.3, -0.25) is 4.79 Å². The summed E-state index contributed by atoms with van der Waals surface area (Å²) in [6, 6.07) is 6.56. The first-order valence-electron chi connectivity index (χ1n) is 6.17. The zero-order valence-electron chi connectivity index (χ0n) is 11.2. The van der Waals surface area contributed by atoms with Crippen LogP contribution in [0.3, 0.4) is 0 Å². The largest absolute Gasteiger partial charge is 0.461 e. The van der Waals surface area contributed by atoms with Crippen LogP contribution in [0.5, 0.6) is 0 Å². The minimum atomic E-state index is -0.688. The number of carbonyl (C=O) groups is 2. The van der Waals surface area contributed by atoms with E-state index in [-0.39, 0.29) is 18.0 Å². The van der Waals surface area contributed by atoms with Crippen LogP contribution in [0.15, 0.2) is 36.7 Å². The Kier molecular flexibility index (Phi) is 4.84. The van der Waals surface area contributed by atoms with Gasteiger partial charge in [0.15, 0.2) is 11.4 Å². The number of benzene rings is 1. The van der Waals surface area contributed by atoms with E-state index in [0.717, 1.165) is 0 Å². The number of rotatable bonds is 4. The third-order valence-corrected chi connectivity index (χ3v) is 2.74. The zero-order chi connectivity index (χ0) is 15.2. The molecule has 1 aromatic heterocycles. The molecule has 0 aliphatic heterocycles. The molecule has 0 unspecified atom stereocenters. The van der Waals surface area contributed by atoms with Gasteiger partial charge in [0.2, 0.25) is 0 Å². The lowest BCUT2D eigenvalue weighted by molar-refractivity contribution is 0.0515. The fraction of sp³-hybridized carbons (Fsp3) is 0.143. The van der Waals surface area contributed by atoms with Crippen molar-refractivity contribution in [1.29, 1.82) is 0 Å². The maximum atomic E-state index is 12.2. The normalized spacial score (nSPS) is 10.0. The topological polar surface area (TPSA) is 81.2 Å². The van der Waals surface area contributed by atoms with E-state index in [1.54, 1.807) is 31.2 Å². The molecule has 7 heteroatoms. The first-order chi connectivity index (χ1) is 10.1. The van der Waals surface area contributed by atoms with Crippen molar-refractivity contribution in [2.75, 3.05) is 11.9 Å². The fourth-order valence-electron chi connectivity index (χ4n) is 1.58. The Balaban J connectivity index is 2.23. The molecule has 0 atom stereocenters. The minimum absolute atomic E-state index is 0.0918. The van der Waals surface area contributed by atoms with Gasteiger partial charge >= 0.3 is 5.97 Å². The monoisotopic (exact) mass is 305 g/mol. The van der Waals surface area contributed by atoms with Crippen molar-refractivity contribution in [3.63, 3.8) is 0 Å². The summed E-state index contributed by atoms with van der Waals surface area (Å²) in [7, 11) is 0. The van der Waals surface area contributed by atoms with Crippen LogP contribution in [0.25, 0.3) is 0 Å². The SMILES string of the molecule is CCOC(=O)c1nccnc1C(=O)Nc1ccc(Cl)cc1. The van der Waals surface area contributed by atoms with E-state index in [0.29, 0.717) is 10.7 Å².